The second kappa shape index (κ2) is 12.9. The van der Waals surface area contributed by atoms with Crippen LogP contribution in [0.1, 0.15) is 43.6 Å². The molecule has 2 aromatic rings. The molecule has 3 amide bonds. The summed E-state index contributed by atoms with van der Waals surface area (Å²) in [6.45, 7) is 9.56. The molecule has 3 rings (SSSR count). The third-order valence-corrected chi connectivity index (χ3v) is 6.58. The molecule has 9 heteroatoms. The van der Waals surface area contributed by atoms with Crippen LogP contribution in [0.3, 0.4) is 0 Å². The van der Waals surface area contributed by atoms with E-state index in [2.05, 4.69) is 22.5 Å². The van der Waals surface area contributed by atoms with Gasteiger partial charge < -0.3 is 25.0 Å². The van der Waals surface area contributed by atoms with Crippen molar-refractivity contribution in [1.29, 1.82) is 0 Å². The van der Waals surface area contributed by atoms with E-state index < -0.39 is 0 Å². The first kappa shape index (κ1) is 28.4. The van der Waals surface area contributed by atoms with Crippen LogP contribution in [-0.2, 0) is 11.3 Å². The molecule has 2 N–H and O–H groups in total. The zero-order valence-electron chi connectivity index (χ0n) is 22.6. The zero-order chi connectivity index (χ0) is 27.1. The largest absolute Gasteiger partial charge is 0.491 e. The lowest BCUT2D eigenvalue weighted by molar-refractivity contribution is 0.00904. The average molecular weight is 515 g/mol. The van der Waals surface area contributed by atoms with Crippen LogP contribution >= 0.6 is 0 Å². The summed E-state index contributed by atoms with van der Waals surface area (Å²) in [6.07, 6.45) is -0.230. The van der Waals surface area contributed by atoms with E-state index in [4.69, 9.17) is 9.47 Å². The number of methoxy groups -OCH3 is 1. The lowest BCUT2D eigenvalue weighted by atomic mass is 10.0. The molecule has 0 bridgehead atoms. The monoisotopic (exact) mass is 514 g/mol. The first-order valence-corrected chi connectivity index (χ1v) is 12.7. The smallest absolute Gasteiger partial charge is 0.319 e. The quantitative estimate of drug-likeness (QED) is 0.620. The fourth-order valence-electron chi connectivity index (χ4n) is 4.42. The highest BCUT2D eigenvalue weighted by molar-refractivity contribution is 5.99. The maximum absolute atomic E-state index is 14.5. The van der Waals surface area contributed by atoms with E-state index in [0.717, 1.165) is 0 Å². The topological polar surface area (TPSA) is 83.1 Å². The number of ether oxygens (including phenoxy) is 2. The van der Waals surface area contributed by atoms with Gasteiger partial charge in [0.2, 0.25) is 0 Å². The Labute approximate surface area is 219 Å². The molecule has 0 fully saturated rings. The fourth-order valence-corrected chi connectivity index (χ4v) is 4.42. The van der Waals surface area contributed by atoms with Crippen molar-refractivity contribution in [1.82, 2.24) is 15.1 Å². The van der Waals surface area contributed by atoms with Gasteiger partial charge in [-0.25, -0.2) is 9.18 Å². The standard InChI is InChI=1S/C28H39FN4O4/c1-18(2)30-28(35)31-22-11-12-25-23(13-22)27(34)32(5)16-26(36-6)19(3)14-33(20(4)17-37-25)15-21-9-7-8-10-24(21)29/h7-13,18-20,26H,14-17H2,1-6H3,(H2,30,31,35)/t19-,20-,26-/m0/s1. The zero-order valence-corrected chi connectivity index (χ0v) is 22.6. The van der Waals surface area contributed by atoms with Crippen LogP contribution in [0.2, 0.25) is 0 Å². The van der Waals surface area contributed by atoms with E-state index in [0.29, 0.717) is 48.8 Å². The minimum atomic E-state index is -0.351. The Bertz CT molecular complexity index is 1080. The fraction of sp³-hybridized carbons (Fsp3) is 0.500. The van der Waals surface area contributed by atoms with Gasteiger partial charge in [-0.05, 0) is 51.0 Å². The molecule has 0 saturated heterocycles. The molecule has 0 radical (unpaired) electrons. The van der Waals surface area contributed by atoms with E-state index in [-0.39, 0.29) is 41.9 Å². The number of fused-ring (bicyclic) bond motifs is 1. The van der Waals surface area contributed by atoms with Crippen molar-refractivity contribution in [3.05, 3.63) is 59.4 Å². The van der Waals surface area contributed by atoms with Gasteiger partial charge in [-0.3, -0.25) is 9.69 Å². The van der Waals surface area contributed by atoms with Gasteiger partial charge >= 0.3 is 6.03 Å². The Balaban J connectivity index is 1.92. The lowest BCUT2D eigenvalue weighted by Gasteiger charge is -2.36. The SMILES string of the molecule is CO[C@H]1CN(C)C(=O)c2cc(NC(=O)NC(C)C)ccc2OC[C@H](C)N(Cc2ccccc2F)C[C@@H]1C. The van der Waals surface area contributed by atoms with Gasteiger partial charge in [0.25, 0.3) is 5.91 Å². The third kappa shape index (κ3) is 7.66. The highest BCUT2D eigenvalue weighted by atomic mass is 19.1. The molecule has 0 saturated carbocycles. The van der Waals surface area contributed by atoms with Crippen LogP contribution in [0, 0.1) is 11.7 Å². The average Bonchev–Trinajstić information content (AvgIpc) is 2.85. The normalized spacial score (nSPS) is 21.5. The van der Waals surface area contributed by atoms with Crippen LogP contribution in [0.4, 0.5) is 14.9 Å². The number of urea groups is 1. The van der Waals surface area contributed by atoms with E-state index in [1.54, 1.807) is 49.4 Å². The molecular weight excluding hydrogens is 475 g/mol. The number of likely N-dealkylation sites (N-methyl/N-ethyl adjacent to an activating group) is 1. The Kier molecular flexibility index (Phi) is 9.88. The summed E-state index contributed by atoms with van der Waals surface area (Å²) in [4.78, 5) is 29.5. The van der Waals surface area contributed by atoms with Crippen LogP contribution < -0.4 is 15.4 Å². The summed E-state index contributed by atoms with van der Waals surface area (Å²) < 4.78 is 26.4. The summed E-state index contributed by atoms with van der Waals surface area (Å²) in [7, 11) is 3.37. The third-order valence-electron chi connectivity index (χ3n) is 6.58. The number of nitrogens with one attached hydrogen (secondary N) is 2. The number of halogens is 1. The molecule has 3 atom stereocenters. The maximum atomic E-state index is 14.5. The molecule has 1 heterocycles. The van der Waals surface area contributed by atoms with Gasteiger partial charge in [-0.1, -0.05) is 25.1 Å². The molecule has 37 heavy (non-hydrogen) atoms. The highest BCUT2D eigenvalue weighted by Crippen LogP contribution is 2.27. The number of hydrogen-bond donors (Lipinski definition) is 2. The van der Waals surface area contributed by atoms with Gasteiger partial charge in [-0.15, -0.1) is 0 Å². The van der Waals surface area contributed by atoms with Crippen LogP contribution in [-0.4, -0.2) is 73.8 Å². The number of nitrogens with zero attached hydrogens (tertiary/aromatic N) is 2. The summed E-state index contributed by atoms with van der Waals surface area (Å²) in [5, 5.41) is 5.55. The molecular formula is C28H39FN4O4. The summed E-state index contributed by atoms with van der Waals surface area (Å²) in [6, 6.07) is 11.4. The number of carbonyl (C=O) groups is 2. The van der Waals surface area contributed by atoms with Crippen LogP contribution in [0.15, 0.2) is 42.5 Å². The number of benzene rings is 2. The summed E-state index contributed by atoms with van der Waals surface area (Å²) in [5.74, 6) is 0.0107. The molecule has 0 unspecified atom stereocenters. The van der Waals surface area contributed by atoms with E-state index in [1.165, 1.54) is 6.07 Å². The summed E-state index contributed by atoms with van der Waals surface area (Å²) in [5.41, 5.74) is 1.45. The van der Waals surface area contributed by atoms with Crippen molar-refractivity contribution in [2.45, 2.75) is 52.4 Å². The minimum Gasteiger partial charge on any atom is -0.491 e. The molecule has 0 spiro atoms. The molecule has 202 valence electrons. The van der Waals surface area contributed by atoms with Crippen molar-refractivity contribution in [2.24, 2.45) is 5.92 Å². The predicted molar refractivity (Wildman–Crippen MR) is 142 cm³/mol. The van der Waals surface area contributed by atoms with Crippen molar-refractivity contribution in [2.75, 3.05) is 39.2 Å². The van der Waals surface area contributed by atoms with Gasteiger partial charge in [-0.2, -0.15) is 0 Å². The molecule has 8 nitrogen and oxygen atoms in total. The van der Waals surface area contributed by atoms with E-state index >= 15 is 0 Å². The van der Waals surface area contributed by atoms with Gasteiger partial charge in [0.05, 0.1) is 11.7 Å². The molecule has 1 aliphatic rings. The molecule has 0 aliphatic carbocycles. The Morgan fingerprint density at radius 1 is 1.19 bits per heavy atom. The van der Waals surface area contributed by atoms with Gasteiger partial charge in [0.1, 0.15) is 18.2 Å². The minimum absolute atomic E-state index is 0.0258. The summed E-state index contributed by atoms with van der Waals surface area (Å²) >= 11 is 0. The molecule has 1 aliphatic heterocycles. The Morgan fingerprint density at radius 3 is 2.59 bits per heavy atom. The van der Waals surface area contributed by atoms with Crippen LogP contribution in [0.25, 0.3) is 0 Å². The Hall–Kier alpha value is -3.17. The Morgan fingerprint density at radius 2 is 1.92 bits per heavy atom. The van der Waals surface area contributed by atoms with Gasteiger partial charge in [0.15, 0.2) is 0 Å². The highest BCUT2D eigenvalue weighted by Gasteiger charge is 2.29. The number of hydrogen-bond acceptors (Lipinski definition) is 5. The van der Waals surface area contributed by atoms with Crippen molar-refractivity contribution < 1.29 is 23.5 Å². The van der Waals surface area contributed by atoms with Gasteiger partial charge in [0, 0.05) is 57.1 Å². The number of rotatable bonds is 5. The van der Waals surface area contributed by atoms with Crippen molar-refractivity contribution >= 4 is 17.6 Å². The number of carbonyl (C=O) groups excluding carboxylic acids is 2. The second-order valence-corrected chi connectivity index (χ2v) is 10.1. The molecule has 0 aromatic heterocycles. The molecule has 2 aromatic carbocycles. The van der Waals surface area contributed by atoms with Crippen LogP contribution in [0.5, 0.6) is 5.75 Å². The lowest BCUT2D eigenvalue weighted by Crippen LogP contribution is -2.46. The van der Waals surface area contributed by atoms with Crippen molar-refractivity contribution in [3.8, 4) is 5.75 Å². The van der Waals surface area contributed by atoms with E-state index in [9.17, 15) is 14.0 Å². The van der Waals surface area contributed by atoms with Crippen molar-refractivity contribution in [3.63, 3.8) is 0 Å². The predicted octanol–water partition coefficient (Wildman–Crippen LogP) is 4.36. The second-order valence-electron chi connectivity index (χ2n) is 10.1. The first-order valence-electron chi connectivity index (χ1n) is 12.7. The number of amides is 3. The number of anilines is 1. The maximum Gasteiger partial charge on any atom is 0.319 e. The first-order chi connectivity index (χ1) is 17.6. The van der Waals surface area contributed by atoms with E-state index in [1.807, 2.05) is 26.8 Å².